The van der Waals surface area contributed by atoms with Crippen LogP contribution in [0, 0.1) is 0 Å². The first-order chi connectivity index (χ1) is 10.2. The van der Waals surface area contributed by atoms with Crippen LogP contribution in [0.3, 0.4) is 0 Å². The average molecular weight is 304 g/mol. The normalized spacial score (nSPS) is 29.6. The van der Waals surface area contributed by atoms with Gasteiger partial charge in [-0.1, -0.05) is 36.8 Å². The molecule has 1 heterocycles. The number of nitrogens with one attached hydrogen (secondary N) is 1. The van der Waals surface area contributed by atoms with E-state index in [4.69, 9.17) is 0 Å². The lowest BCUT2D eigenvalue weighted by atomic mass is 10.0. The van der Waals surface area contributed by atoms with Crippen molar-refractivity contribution in [2.45, 2.75) is 36.6 Å². The Labute approximate surface area is 129 Å². The molecule has 112 valence electrons. The molecule has 3 rings (SSSR count). The lowest BCUT2D eigenvalue weighted by Crippen LogP contribution is -2.57. The average Bonchev–Trinajstić information content (AvgIpc) is 2.98. The quantitative estimate of drug-likeness (QED) is 0.929. The van der Waals surface area contributed by atoms with E-state index < -0.39 is 6.04 Å². The van der Waals surface area contributed by atoms with Crippen LogP contribution >= 0.6 is 11.8 Å². The molecule has 2 amide bonds. The van der Waals surface area contributed by atoms with Gasteiger partial charge in [-0.25, -0.2) is 0 Å². The van der Waals surface area contributed by atoms with Gasteiger partial charge in [0.15, 0.2) is 0 Å². The molecule has 1 aliphatic heterocycles. The minimum atomic E-state index is -0.532. The number of rotatable bonds is 3. The van der Waals surface area contributed by atoms with Crippen molar-refractivity contribution < 1.29 is 9.59 Å². The highest BCUT2D eigenvalue weighted by molar-refractivity contribution is 7.99. The molecular formula is C16H20N2O2S. The zero-order valence-electron chi connectivity index (χ0n) is 12.1. The number of hydrogen-bond acceptors (Lipinski definition) is 3. The number of thioether (sulfide) groups is 1. The van der Waals surface area contributed by atoms with Crippen LogP contribution in [-0.2, 0) is 9.59 Å². The van der Waals surface area contributed by atoms with Crippen molar-refractivity contribution in [2.75, 3.05) is 12.8 Å². The summed E-state index contributed by atoms with van der Waals surface area (Å²) in [5.74, 6) is -0.0260. The van der Waals surface area contributed by atoms with Crippen LogP contribution in [0.1, 0.15) is 30.9 Å². The Morgan fingerprint density at radius 2 is 1.95 bits per heavy atom. The van der Waals surface area contributed by atoms with Gasteiger partial charge < -0.3 is 10.2 Å². The van der Waals surface area contributed by atoms with E-state index in [-0.39, 0.29) is 24.4 Å². The summed E-state index contributed by atoms with van der Waals surface area (Å²) in [4.78, 5) is 26.7. The van der Waals surface area contributed by atoms with E-state index in [0.29, 0.717) is 5.25 Å². The van der Waals surface area contributed by atoms with Crippen LogP contribution in [0.5, 0.6) is 0 Å². The van der Waals surface area contributed by atoms with Crippen LogP contribution in [0.2, 0.25) is 0 Å². The molecule has 1 saturated heterocycles. The van der Waals surface area contributed by atoms with Crippen LogP contribution in [0.25, 0.3) is 0 Å². The highest BCUT2D eigenvalue weighted by atomic mass is 32.2. The van der Waals surface area contributed by atoms with E-state index >= 15 is 0 Å². The zero-order chi connectivity index (χ0) is 14.8. The third-order valence-corrected chi connectivity index (χ3v) is 5.56. The lowest BCUT2D eigenvalue weighted by Gasteiger charge is -2.38. The topological polar surface area (TPSA) is 49.4 Å². The second kappa shape index (κ2) is 6.10. The van der Waals surface area contributed by atoms with Crippen molar-refractivity contribution in [3.05, 3.63) is 35.9 Å². The van der Waals surface area contributed by atoms with Crippen LogP contribution in [0.15, 0.2) is 30.3 Å². The molecule has 0 radical (unpaired) electrons. The Hall–Kier alpha value is -1.49. The Kier molecular flexibility index (Phi) is 4.19. The molecule has 2 aliphatic rings. The molecule has 3 atom stereocenters. The summed E-state index contributed by atoms with van der Waals surface area (Å²) in [7, 11) is 0. The van der Waals surface area contributed by atoms with Gasteiger partial charge in [-0.15, -0.1) is 0 Å². The molecule has 5 heteroatoms. The second-order valence-electron chi connectivity index (χ2n) is 5.65. The summed E-state index contributed by atoms with van der Waals surface area (Å²) >= 11 is 1.81. The van der Waals surface area contributed by atoms with Gasteiger partial charge in [-0.3, -0.25) is 9.59 Å². The lowest BCUT2D eigenvalue weighted by molar-refractivity contribution is -0.146. The fourth-order valence-corrected chi connectivity index (χ4v) is 4.36. The Balaban J connectivity index is 1.85. The second-order valence-corrected chi connectivity index (χ2v) is 6.73. The van der Waals surface area contributed by atoms with E-state index in [1.54, 1.807) is 0 Å². The summed E-state index contributed by atoms with van der Waals surface area (Å²) in [6, 6.07) is 9.17. The van der Waals surface area contributed by atoms with E-state index in [1.807, 2.05) is 47.0 Å². The van der Waals surface area contributed by atoms with Crippen LogP contribution < -0.4 is 5.32 Å². The van der Waals surface area contributed by atoms with E-state index in [9.17, 15) is 9.59 Å². The zero-order valence-corrected chi connectivity index (χ0v) is 12.9. The number of nitrogens with zero attached hydrogens (tertiary/aromatic N) is 1. The maximum absolute atomic E-state index is 12.8. The molecule has 1 saturated carbocycles. The number of carbonyl (C=O) groups excluding carboxylic acids is 2. The van der Waals surface area contributed by atoms with Crippen molar-refractivity contribution in [1.29, 1.82) is 0 Å². The molecule has 1 aromatic rings. The summed E-state index contributed by atoms with van der Waals surface area (Å²) < 4.78 is 0. The molecule has 1 aliphatic carbocycles. The first kappa shape index (κ1) is 14.4. The largest absolute Gasteiger partial charge is 0.339 e. The molecule has 2 fully saturated rings. The number of carbonyl (C=O) groups is 2. The van der Waals surface area contributed by atoms with Gasteiger partial charge in [0, 0.05) is 11.3 Å². The van der Waals surface area contributed by atoms with Crippen molar-refractivity contribution in [2.24, 2.45) is 0 Å². The number of benzene rings is 1. The Bertz CT molecular complexity index is 534. The van der Waals surface area contributed by atoms with Gasteiger partial charge in [0.25, 0.3) is 5.91 Å². The fourth-order valence-electron chi connectivity index (χ4n) is 3.36. The van der Waals surface area contributed by atoms with Crippen molar-refractivity contribution in [3.63, 3.8) is 0 Å². The number of amides is 2. The maximum Gasteiger partial charge on any atom is 0.250 e. The molecule has 21 heavy (non-hydrogen) atoms. The minimum Gasteiger partial charge on any atom is -0.339 e. The summed E-state index contributed by atoms with van der Waals surface area (Å²) in [6.45, 7) is 0.198. The van der Waals surface area contributed by atoms with Crippen LogP contribution in [-0.4, -0.2) is 40.8 Å². The van der Waals surface area contributed by atoms with E-state index in [1.165, 1.54) is 0 Å². The smallest absolute Gasteiger partial charge is 0.250 e. The minimum absolute atomic E-state index is 0.0340. The standard InChI is InChI=1S/C16H20N2O2S/c1-21-13-9-5-8-12(13)18-10-14(19)17-15(16(18)20)11-6-3-2-4-7-11/h2-4,6-7,12-13,15H,5,8-10H2,1H3,(H,17,19). The van der Waals surface area contributed by atoms with Crippen molar-refractivity contribution in [3.8, 4) is 0 Å². The maximum atomic E-state index is 12.8. The summed E-state index contributed by atoms with van der Waals surface area (Å²) in [6.07, 6.45) is 5.36. The van der Waals surface area contributed by atoms with Crippen molar-refractivity contribution in [1.82, 2.24) is 10.2 Å². The predicted molar refractivity (Wildman–Crippen MR) is 84.0 cm³/mol. The van der Waals surface area contributed by atoms with Gasteiger partial charge in [0.1, 0.15) is 6.04 Å². The first-order valence-corrected chi connectivity index (χ1v) is 8.67. The first-order valence-electron chi connectivity index (χ1n) is 7.38. The molecule has 1 aromatic carbocycles. The fraction of sp³-hybridized carbons (Fsp3) is 0.500. The Morgan fingerprint density at radius 1 is 1.19 bits per heavy atom. The molecule has 3 unspecified atom stereocenters. The van der Waals surface area contributed by atoms with E-state index in [0.717, 1.165) is 24.8 Å². The molecule has 1 N–H and O–H groups in total. The molecule has 0 bridgehead atoms. The monoisotopic (exact) mass is 304 g/mol. The van der Waals surface area contributed by atoms with Gasteiger partial charge in [-0.05, 0) is 24.7 Å². The van der Waals surface area contributed by atoms with Gasteiger partial charge in [0.05, 0.1) is 6.54 Å². The van der Waals surface area contributed by atoms with Gasteiger partial charge in [-0.2, -0.15) is 11.8 Å². The molecular weight excluding hydrogens is 284 g/mol. The predicted octanol–water partition coefficient (Wildman–Crippen LogP) is 1.97. The molecule has 0 spiro atoms. The third kappa shape index (κ3) is 2.79. The number of hydrogen-bond donors (Lipinski definition) is 1. The number of piperazine rings is 1. The Morgan fingerprint density at radius 3 is 2.67 bits per heavy atom. The third-order valence-electron chi connectivity index (χ3n) is 4.40. The highest BCUT2D eigenvalue weighted by Gasteiger charge is 2.41. The SMILES string of the molecule is CSC1CCCC1N1CC(=O)NC(c2ccccc2)C1=O. The van der Waals surface area contributed by atoms with Crippen molar-refractivity contribution >= 4 is 23.6 Å². The summed E-state index contributed by atoms with van der Waals surface area (Å²) in [5.41, 5.74) is 0.860. The highest BCUT2D eigenvalue weighted by Crippen LogP contribution is 2.34. The molecule has 0 aromatic heterocycles. The molecule has 4 nitrogen and oxygen atoms in total. The van der Waals surface area contributed by atoms with Gasteiger partial charge >= 0.3 is 0 Å². The summed E-state index contributed by atoms with van der Waals surface area (Å²) in [5, 5.41) is 3.29. The van der Waals surface area contributed by atoms with Crippen LogP contribution in [0.4, 0.5) is 0 Å². The van der Waals surface area contributed by atoms with Gasteiger partial charge in [0.2, 0.25) is 5.91 Å². The van der Waals surface area contributed by atoms with E-state index in [2.05, 4.69) is 11.6 Å².